The van der Waals surface area contributed by atoms with Crippen molar-refractivity contribution in [2.75, 3.05) is 32.8 Å². The van der Waals surface area contributed by atoms with Crippen LogP contribution in [-0.4, -0.2) is 52.8 Å². The number of aromatic nitrogens is 2. The fraction of sp³-hybridized carbons (Fsp3) is 0.538. The quantitative estimate of drug-likeness (QED) is 0.664. The first-order valence-corrected chi connectivity index (χ1v) is 11.8. The van der Waals surface area contributed by atoms with Gasteiger partial charge in [0.1, 0.15) is 5.60 Å². The molecule has 1 saturated carbocycles. The van der Waals surface area contributed by atoms with Crippen molar-refractivity contribution in [3.8, 4) is 11.9 Å². The van der Waals surface area contributed by atoms with Gasteiger partial charge in [0.2, 0.25) is 5.88 Å². The number of hydrogen-bond acceptors (Lipinski definition) is 6. The summed E-state index contributed by atoms with van der Waals surface area (Å²) in [7, 11) is 0. The maximum absolute atomic E-state index is 12.1. The SMILES string of the molecule is CCOc1ncc(C2(O)[C@H]3CCC[C@H]2CN(C/C(C)=C/c2ccccc2)C3)c(OCC)n1. The third-order valence-corrected chi connectivity index (χ3v) is 6.71. The minimum atomic E-state index is -0.971. The molecule has 1 aliphatic carbocycles. The molecule has 2 bridgehead atoms. The van der Waals surface area contributed by atoms with E-state index < -0.39 is 5.60 Å². The fourth-order valence-corrected chi connectivity index (χ4v) is 5.41. The number of nitrogens with zero attached hydrogens (tertiary/aromatic N) is 3. The van der Waals surface area contributed by atoms with Gasteiger partial charge in [0.25, 0.3) is 0 Å². The summed E-state index contributed by atoms with van der Waals surface area (Å²) in [5, 5.41) is 12.1. The van der Waals surface area contributed by atoms with Crippen LogP contribution in [0.5, 0.6) is 11.9 Å². The van der Waals surface area contributed by atoms with Crippen LogP contribution in [-0.2, 0) is 5.60 Å². The van der Waals surface area contributed by atoms with Crippen LogP contribution in [0.15, 0.2) is 42.1 Å². The Hall–Kier alpha value is -2.44. The van der Waals surface area contributed by atoms with Crippen molar-refractivity contribution in [2.45, 2.75) is 45.6 Å². The van der Waals surface area contributed by atoms with Crippen LogP contribution in [0.1, 0.15) is 51.2 Å². The molecule has 2 fully saturated rings. The average Bonchev–Trinajstić information content (AvgIpc) is 2.76. The molecule has 4 rings (SSSR count). The maximum atomic E-state index is 12.1. The standard InChI is InChI=1S/C26H35N3O3/c1-4-31-24-23(15-27-25(28-24)32-5-2)26(30)21-12-9-13-22(26)18-29(17-21)16-19(3)14-20-10-7-6-8-11-20/h6-8,10-11,14-15,21-22,30H,4-5,9,12-13,16-18H2,1-3H3/b19-14+/t21-,22-/m0/s1. The Bertz CT molecular complexity index is 917. The molecule has 0 radical (unpaired) electrons. The minimum absolute atomic E-state index is 0.125. The molecule has 1 aromatic carbocycles. The number of fused-ring (bicyclic) bond motifs is 2. The van der Waals surface area contributed by atoms with E-state index in [9.17, 15) is 5.11 Å². The highest BCUT2D eigenvalue weighted by Gasteiger charge is 2.53. The van der Waals surface area contributed by atoms with E-state index >= 15 is 0 Å². The van der Waals surface area contributed by atoms with Crippen LogP contribution in [0.2, 0.25) is 0 Å². The highest BCUT2D eigenvalue weighted by molar-refractivity contribution is 5.52. The highest BCUT2D eigenvalue weighted by Crippen LogP contribution is 2.51. The topological polar surface area (TPSA) is 67.7 Å². The molecule has 2 heterocycles. The van der Waals surface area contributed by atoms with Gasteiger partial charge in [0.05, 0.1) is 18.8 Å². The molecule has 0 spiro atoms. The lowest BCUT2D eigenvalue weighted by Gasteiger charge is -2.53. The minimum Gasteiger partial charge on any atom is -0.478 e. The van der Waals surface area contributed by atoms with Crippen molar-refractivity contribution in [3.63, 3.8) is 0 Å². The van der Waals surface area contributed by atoms with E-state index in [0.717, 1.165) is 38.9 Å². The zero-order valence-corrected chi connectivity index (χ0v) is 19.5. The Labute approximate surface area is 191 Å². The summed E-state index contributed by atoms with van der Waals surface area (Å²) in [4.78, 5) is 11.3. The number of ether oxygens (including phenoxy) is 2. The third-order valence-electron chi connectivity index (χ3n) is 6.71. The Kier molecular flexibility index (Phi) is 7.11. The molecule has 6 heteroatoms. The van der Waals surface area contributed by atoms with Crippen molar-refractivity contribution in [2.24, 2.45) is 11.8 Å². The van der Waals surface area contributed by atoms with Crippen molar-refractivity contribution in [1.82, 2.24) is 14.9 Å². The number of piperidine rings is 1. The van der Waals surface area contributed by atoms with Crippen LogP contribution < -0.4 is 9.47 Å². The molecule has 1 aliphatic heterocycles. The summed E-state index contributed by atoms with van der Waals surface area (Å²) in [5.41, 5.74) is 2.31. The maximum Gasteiger partial charge on any atom is 0.319 e. The van der Waals surface area contributed by atoms with E-state index in [-0.39, 0.29) is 11.8 Å². The van der Waals surface area contributed by atoms with Crippen LogP contribution in [0.4, 0.5) is 0 Å². The summed E-state index contributed by atoms with van der Waals surface area (Å²) in [6, 6.07) is 10.7. The van der Waals surface area contributed by atoms with Gasteiger partial charge in [0.15, 0.2) is 0 Å². The fourth-order valence-electron chi connectivity index (χ4n) is 5.41. The molecule has 0 unspecified atom stereocenters. The zero-order chi connectivity index (χ0) is 22.6. The largest absolute Gasteiger partial charge is 0.478 e. The van der Waals surface area contributed by atoms with E-state index in [4.69, 9.17) is 9.47 Å². The molecule has 32 heavy (non-hydrogen) atoms. The second kappa shape index (κ2) is 10.0. The van der Waals surface area contributed by atoms with Crippen LogP contribution in [0, 0.1) is 11.8 Å². The number of rotatable bonds is 8. The molecule has 2 aromatic rings. The van der Waals surface area contributed by atoms with Gasteiger partial charge < -0.3 is 14.6 Å². The summed E-state index contributed by atoms with van der Waals surface area (Å²) in [6.07, 6.45) is 7.11. The average molecular weight is 438 g/mol. The molecular formula is C26H35N3O3. The summed E-state index contributed by atoms with van der Waals surface area (Å²) >= 11 is 0. The van der Waals surface area contributed by atoms with E-state index in [2.05, 4.69) is 52.1 Å². The third kappa shape index (κ3) is 4.66. The smallest absolute Gasteiger partial charge is 0.319 e. The van der Waals surface area contributed by atoms with Crippen molar-refractivity contribution < 1.29 is 14.6 Å². The highest BCUT2D eigenvalue weighted by atomic mass is 16.5. The lowest BCUT2D eigenvalue weighted by Crippen LogP contribution is -2.58. The van der Waals surface area contributed by atoms with Crippen LogP contribution >= 0.6 is 0 Å². The van der Waals surface area contributed by atoms with E-state index in [1.54, 1.807) is 6.20 Å². The van der Waals surface area contributed by atoms with Crippen molar-refractivity contribution in [3.05, 3.63) is 53.2 Å². The van der Waals surface area contributed by atoms with E-state index in [1.807, 2.05) is 19.9 Å². The zero-order valence-electron chi connectivity index (χ0n) is 19.5. The second-order valence-corrected chi connectivity index (χ2v) is 8.98. The number of aliphatic hydroxyl groups is 1. The van der Waals surface area contributed by atoms with Gasteiger partial charge >= 0.3 is 6.01 Å². The first-order valence-electron chi connectivity index (χ1n) is 11.8. The van der Waals surface area contributed by atoms with Crippen LogP contribution in [0.3, 0.4) is 0 Å². The molecule has 1 aromatic heterocycles. The number of hydrogen-bond donors (Lipinski definition) is 1. The lowest BCUT2D eigenvalue weighted by atomic mass is 9.63. The molecule has 0 amide bonds. The van der Waals surface area contributed by atoms with Gasteiger partial charge in [-0.15, -0.1) is 0 Å². The second-order valence-electron chi connectivity index (χ2n) is 8.98. The van der Waals surface area contributed by atoms with E-state index in [1.165, 1.54) is 11.1 Å². The molecular weight excluding hydrogens is 402 g/mol. The first-order chi connectivity index (χ1) is 15.5. The Morgan fingerprint density at radius 1 is 1.12 bits per heavy atom. The lowest BCUT2D eigenvalue weighted by molar-refractivity contribution is -0.147. The molecule has 172 valence electrons. The number of likely N-dealkylation sites (tertiary alicyclic amines) is 1. The van der Waals surface area contributed by atoms with Gasteiger partial charge in [-0.3, -0.25) is 4.90 Å². The molecule has 2 atom stereocenters. The first kappa shape index (κ1) is 22.7. The Balaban J connectivity index is 1.56. The summed E-state index contributed by atoms with van der Waals surface area (Å²) < 4.78 is 11.3. The van der Waals surface area contributed by atoms with Gasteiger partial charge in [0, 0.05) is 37.7 Å². The van der Waals surface area contributed by atoms with Crippen molar-refractivity contribution in [1.29, 1.82) is 0 Å². The van der Waals surface area contributed by atoms with Gasteiger partial charge in [-0.2, -0.15) is 4.98 Å². The molecule has 1 saturated heterocycles. The molecule has 1 N–H and O–H groups in total. The monoisotopic (exact) mass is 437 g/mol. The van der Waals surface area contributed by atoms with Gasteiger partial charge in [-0.1, -0.05) is 48.4 Å². The summed E-state index contributed by atoms with van der Waals surface area (Å²) in [5.74, 6) is 0.708. The van der Waals surface area contributed by atoms with Gasteiger partial charge in [-0.05, 0) is 39.2 Å². The normalized spacial score (nSPS) is 26.1. The van der Waals surface area contributed by atoms with Crippen molar-refractivity contribution >= 4 is 6.08 Å². The Morgan fingerprint density at radius 2 is 1.81 bits per heavy atom. The predicted molar refractivity (Wildman–Crippen MR) is 126 cm³/mol. The van der Waals surface area contributed by atoms with Gasteiger partial charge in [-0.25, -0.2) is 4.98 Å². The van der Waals surface area contributed by atoms with E-state index in [0.29, 0.717) is 30.7 Å². The Morgan fingerprint density at radius 3 is 2.47 bits per heavy atom. The molecule has 2 aliphatic rings. The summed E-state index contributed by atoms with van der Waals surface area (Å²) in [6.45, 7) is 9.62. The number of benzene rings is 1. The van der Waals surface area contributed by atoms with Crippen LogP contribution in [0.25, 0.3) is 6.08 Å². The predicted octanol–water partition coefficient (Wildman–Crippen LogP) is 4.30. The molecule has 6 nitrogen and oxygen atoms in total.